The zero-order chi connectivity index (χ0) is 23.3. The largest absolute Gasteiger partial charge is 0.870 e. The Morgan fingerprint density at radius 2 is 1.62 bits per heavy atom. The zero-order valence-electron chi connectivity index (χ0n) is 19.1. The summed E-state index contributed by atoms with van der Waals surface area (Å²) >= 11 is 6.03. The maximum absolute atomic E-state index is 12.1. The summed E-state index contributed by atoms with van der Waals surface area (Å²) < 4.78 is 28.3. The Labute approximate surface area is 195 Å². The van der Waals surface area contributed by atoms with E-state index in [0.717, 1.165) is 32.1 Å². The normalized spacial score (nSPS) is 14.3. The average molecular weight is 498 g/mol. The SMILES string of the molecule is C[N+](C)(C)C[C@@H](CC(=O)O)OP(=O)(O)OCCCCCCCCOc1ccccc1Cl.[OH-]. The fraction of sp³-hybridized carbons (Fsp3) is 0.667. The van der Waals surface area contributed by atoms with Gasteiger partial charge in [-0.2, -0.15) is 0 Å². The quantitative estimate of drug-likeness (QED) is 0.182. The summed E-state index contributed by atoms with van der Waals surface area (Å²) in [6.45, 7) is 0.983. The molecule has 11 heteroatoms. The van der Waals surface area contributed by atoms with E-state index in [9.17, 15) is 14.3 Å². The Hall–Kier alpha value is -1.19. The van der Waals surface area contributed by atoms with Crippen molar-refractivity contribution < 1.29 is 43.1 Å². The van der Waals surface area contributed by atoms with Gasteiger partial charge in [0, 0.05) is 0 Å². The van der Waals surface area contributed by atoms with Crippen LogP contribution >= 0.6 is 19.4 Å². The Bertz CT molecular complexity index is 713. The Morgan fingerprint density at radius 3 is 2.19 bits per heavy atom. The molecule has 3 N–H and O–H groups in total. The molecule has 1 aromatic rings. The van der Waals surface area contributed by atoms with Gasteiger partial charge in [-0.25, -0.2) is 4.57 Å². The van der Waals surface area contributed by atoms with Crippen LogP contribution in [0.5, 0.6) is 5.75 Å². The van der Waals surface area contributed by atoms with Crippen LogP contribution in [0.4, 0.5) is 0 Å². The lowest BCUT2D eigenvalue weighted by molar-refractivity contribution is -0.873. The summed E-state index contributed by atoms with van der Waals surface area (Å²) in [6, 6.07) is 7.39. The minimum Gasteiger partial charge on any atom is -0.870 e. The van der Waals surface area contributed by atoms with Gasteiger partial charge in [0.15, 0.2) is 0 Å². The van der Waals surface area contributed by atoms with Crippen LogP contribution in [0.15, 0.2) is 24.3 Å². The van der Waals surface area contributed by atoms with E-state index in [-0.39, 0.29) is 25.0 Å². The van der Waals surface area contributed by atoms with Gasteiger partial charge in [-0.15, -0.1) is 0 Å². The molecule has 0 saturated heterocycles. The molecule has 0 spiro atoms. The van der Waals surface area contributed by atoms with E-state index in [0.29, 0.717) is 28.3 Å². The topological polar surface area (TPSA) is 132 Å². The van der Waals surface area contributed by atoms with Crippen LogP contribution in [0, 0.1) is 0 Å². The molecule has 0 aromatic heterocycles. The van der Waals surface area contributed by atoms with Crippen molar-refractivity contribution in [2.75, 3.05) is 40.9 Å². The predicted octanol–water partition coefficient (Wildman–Crippen LogP) is 4.57. The summed E-state index contributed by atoms with van der Waals surface area (Å²) in [5, 5.41) is 9.60. The first kappa shape index (κ1) is 30.8. The number of nitrogens with zero attached hydrogens (tertiary/aromatic N) is 1. The lowest BCUT2D eigenvalue weighted by Gasteiger charge is -2.29. The first-order chi connectivity index (χ1) is 14.5. The number of carbonyl (C=O) groups is 1. The van der Waals surface area contributed by atoms with Crippen molar-refractivity contribution in [3.63, 3.8) is 0 Å². The van der Waals surface area contributed by atoms with Gasteiger partial charge in [-0.1, -0.05) is 49.4 Å². The Balaban J connectivity index is 0.00000961. The predicted molar refractivity (Wildman–Crippen MR) is 122 cm³/mol. The summed E-state index contributed by atoms with van der Waals surface area (Å²) in [5.74, 6) is -0.389. The van der Waals surface area contributed by atoms with Crippen LogP contribution in [0.1, 0.15) is 44.9 Å². The monoisotopic (exact) mass is 497 g/mol. The molecule has 9 nitrogen and oxygen atoms in total. The van der Waals surface area contributed by atoms with Gasteiger partial charge in [0.05, 0.1) is 45.8 Å². The van der Waals surface area contributed by atoms with Crippen LogP contribution < -0.4 is 4.74 Å². The second-order valence-corrected chi connectivity index (χ2v) is 10.3. The van der Waals surface area contributed by atoms with E-state index < -0.39 is 19.9 Å². The summed E-state index contributed by atoms with van der Waals surface area (Å²) in [6.07, 6.45) is 4.20. The molecule has 32 heavy (non-hydrogen) atoms. The number of halogens is 1. The second-order valence-electron chi connectivity index (χ2n) is 8.50. The molecule has 0 aliphatic rings. The van der Waals surface area contributed by atoms with Crippen molar-refractivity contribution in [3.05, 3.63) is 29.3 Å². The van der Waals surface area contributed by atoms with E-state index in [1.165, 1.54) is 0 Å². The fourth-order valence-electron chi connectivity index (χ4n) is 2.99. The van der Waals surface area contributed by atoms with Crippen molar-refractivity contribution in [3.8, 4) is 5.75 Å². The number of phosphoric acid groups is 1. The van der Waals surface area contributed by atoms with E-state index in [1.54, 1.807) is 6.07 Å². The first-order valence-electron chi connectivity index (χ1n) is 10.5. The fourth-order valence-corrected chi connectivity index (χ4v) is 4.12. The van der Waals surface area contributed by atoms with Gasteiger partial charge in [-0.05, 0) is 25.0 Å². The highest BCUT2D eigenvalue weighted by molar-refractivity contribution is 7.47. The first-order valence-corrected chi connectivity index (χ1v) is 12.4. The number of hydrogen-bond donors (Lipinski definition) is 2. The lowest BCUT2D eigenvalue weighted by Crippen LogP contribution is -2.42. The van der Waals surface area contributed by atoms with Crippen LogP contribution in [-0.4, -0.2) is 72.9 Å². The molecule has 2 atom stereocenters. The molecular weight excluding hydrogens is 461 g/mol. The van der Waals surface area contributed by atoms with E-state index >= 15 is 0 Å². The minimum absolute atomic E-state index is 0. The van der Waals surface area contributed by atoms with Crippen LogP contribution in [0.3, 0.4) is 0 Å². The van der Waals surface area contributed by atoms with Gasteiger partial charge >= 0.3 is 13.8 Å². The number of hydrogen-bond acceptors (Lipinski definition) is 6. The van der Waals surface area contributed by atoms with Crippen LogP contribution in [0.2, 0.25) is 5.02 Å². The summed E-state index contributed by atoms with van der Waals surface area (Å²) in [4.78, 5) is 20.9. The third-order valence-corrected chi connectivity index (χ3v) is 5.71. The van der Waals surface area contributed by atoms with Gasteiger partial charge in [0.1, 0.15) is 18.4 Å². The average Bonchev–Trinajstić information content (AvgIpc) is 2.62. The number of rotatable bonds is 17. The smallest absolute Gasteiger partial charge is 0.472 e. The third-order valence-electron chi connectivity index (χ3n) is 4.32. The number of benzene rings is 1. The molecule has 0 heterocycles. The molecule has 1 rings (SSSR count). The number of carboxylic acid groups (broad SMARTS) is 1. The highest BCUT2D eigenvalue weighted by atomic mass is 35.5. The van der Waals surface area contributed by atoms with Crippen molar-refractivity contribution in [2.24, 2.45) is 0 Å². The number of likely N-dealkylation sites (N-methyl/N-ethyl adjacent to an activating group) is 1. The number of carboxylic acids is 1. The number of ether oxygens (including phenoxy) is 1. The highest BCUT2D eigenvalue weighted by Crippen LogP contribution is 2.45. The summed E-state index contributed by atoms with van der Waals surface area (Å²) in [5.41, 5.74) is 0. The van der Waals surface area contributed by atoms with Crippen molar-refractivity contribution in [1.82, 2.24) is 0 Å². The van der Waals surface area contributed by atoms with E-state index in [4.69, 9.17) is 30.5 Å². The standard InChI is InChI=1S/C21H35ClNO7P.H2O/c1-23(2,3)17-18(16-21(24)25)30-31(26,27)29-15-11-7-5-4-6-10-14-28-20-13-9-8-12-19(20)22;/h8-9,12-13,18H,4-7,10-11,14-17H2,1-3H3,(H-,24,25,26,27);1H2/t18-;/m1./s1. The highest BCUT2D eigenvalue weighted by Gasteiger charge is 2.31. The molecule has 0 amide bonds. The molecule has 186 valence electrons. The molecule has 0 bridgehead atoms. The lowest BCUT2D eigenvalue weighted by atomic mass is 10.1. The number of aliphatic carboxylic acids is 1. The number of unbranched alkanes of at least 4 members (excludes halogenated alkanes) is 5. The summed E-state index contributed by atoms with van der Waals surface area (Å²) in [7, 11) is 1.26. The third kappa shape index (κ3) is 15.6. The van der Waals surface area contributed by atoms with Gasteiger partial charge < -0.3 is 24.7 Å². The van der Waals surface area contributed by atoms with Crippen molar-refractivity contribution in [1.29, 1.82) is 0 Å². The second kappa shape index (κ2) is 15.6. The van der Waals surface area contributed by atoms with Crippen LogP contribution in [0.25, 0.3) is 0 Å². The molecule has 0 fully saturated rings. The maximum atomic E-state index is 12.1. The zero-order valence-corrected chi connectivity index (χ0v) is 20.8. The van der Waals surface area contributed by atoms with Gasteiger partial charge in [0.2, 0.25) is 0 Å². The molecule has 0 saturated carbocycles. The number of quaternary nitrogens is 1. The Morgan fingerprint density at radius 1 is 1.06 bits per heavy atom. The molecule has 0 radical (unpaired) electrons. The van der Waals surface area contributed by atoms with Crippen molar-refractivity contribution >= 4 is 25.4 Å². The molecule has 1 aromatic carbocycles. The van der Waals surface area contributed by atoms with E-state index in [2.05, 4.69) is 0 Å². The minimum atomic E-state index is -4.30. The molecular formula is C21H37ClNO8P. The number of para-hydroxylation sites is 1. The molecule has 0 aliphatic carbocycles. The van der Waals surface area contributed by atoms with Crippen LogP contribution in [-0.2, 0) is 18.4 Å². The maximum Gasteiger partial charge on any atom is 0.472 e. The Kier molecular flexibility index (Phi) is 15.0. The van der Waals surface area contributed by atoms with Gasteiger partial charge in [0.25, 0.3) is 0 Å². The van der Waals surface area contributed by atoms with E-state index in [1.807, 2.05) is 39.3 Å². The van der Waals surface area contributed by atoms with Crippen molar-refractivity contribution in [2.45, 2.75) is 51.0 Å². The van der Waals surface area contributed by atoms with Gasteiger partial charge in [-0.3, -0.25) is 13.8 Å². The molecule has 1 unspecified atom stereocenters. The number of phosphoric ester groups is 1. The molecule has 0 aliphatic heterocycles.